The lowest BCUT2D eigenvalue weighted by atomic mass is 10.1. The Morgan fingerprint density at radius 2 is 2.13 bits per heavy atom. The molecule has 2 rings (SSSR count). The molecule has 0 radical (unpaired) electrons. The van der Waals surface area contributed by atoms with Crippen molar-refractivity contribution >= 4 is 18.3 Å². The first kappa shape index (κ1) is 19.6. The van der Waals surface area contributed by atoms with E-state index >= 15 is 0 Å². The molecule has 0 unspecified atom stereocenters. The normalized spacial score (nSPS) is 17.3. The highest BCUT2D eigenvalue weighted by Crippen LogP contribution is 2.26. The van der Waals surface area contributed by atoms with Crippen LogP contribution >= 0.6 is 12.4 Å². The van der Waals surface area contributed by atoms with Gasteiger partial charge in [0.25, 0.3) is 0 Å². The number of carbonyl (C=O) groups is 1. The van der Waals surface area contributed by atoms with E-state index in [0.717, 1.165) is 49.5 Å². The van der Waals surface area contributed by atoms with E-state index in [1.807, 2.05) is 23.1 Å². The van der Waals surface area contributed by atoms with Gasteiger partial charge >= 0.3 is 0 Å². The molecule has 1 aliphatic heterocycles. The van der Waals surface area contributed by atoms with E-state index in [0.29, 0.717) is 12.5 Å². The molecule has 23 heavy (non-hydrogen) atoms. The number of hydrogen-bond acceptors (Lipinski definition) is 4. The molecule has 130 valence electrons. The van der Waals surface area contributed by atoms with Crippen LogP contribution in [0.3, 0.4) is 0 Å². The quantitative estimate of drug-likeness (QED) is 0.861. The molecule has 0 spiro atoms. The molecule has 1 aromatic rings. The average molecular weight is 343 g/mol. The highest BCUT2D eigenvalue weighted by Gasteiger charge is 2.19. The summed E-state index contributed by atoms with van der Waals surface area (Å²) < 4.78 is 10.6. The van der Waals surface area contributed by atoms with Gasteiger partial charge in [-0.25, -0.2) is 0 Å². The number of rotatable bonds is 6. The molecule has 1 aromatic carbocycles. The van der Waals surface area contributed by atoms with E-state index in [4.69, 9.17) is 9.47 Å². The summed E-state index contributed by atoms with van der Waals surface area (Å²) in [6.07, 6.45) is 2.25. The van der Waals surface area contributed by atoms with Crippen LogP contribution < -0.4 is 14.8 Å². The van der Waals surface area contributed by atoms with Crippen molar-refractivity contribution in [3.63, 3.8) is 0 Å². The number of halogens is 1. The van der Waals surface area contributed by atoms with Crippen LogP contribution in [0.2, 0.25) is 0 Å². The summed E-state index contributed by atoms with van der Waals surface area (Å²) in [4.78, 5) is 14.2. The SMILES string of the molecule is COc1ccc(CCCC(=O)N2CCN[C@H](C)C2)c(OC)c1.Cl. The monoisotopic (exact) mass is 342 g/mol. The molecule has 1 N–H and O–H groups in total. The van der Waals surface area contributed by atoms with Crippen LogP contribution in [0.4, 0.5) is 0 Å². The summed E-state index contributed by atoms with van der Waals surface area (Å²) in [6.45, 7) is 4.63. The van der Waals surface area contributed by atoms with Crippen molar-refractivity contribution in [3.8, 4) is 11.5 Å². The van der Waals surface area contributed by atoms with Crippen LogP contribution in [-0.2, 0) is 11.2 Å². The predicted molar refractivity (Wildman–Crippen MR) is 93.8 cm³/mol. The van der Waals surface area contributed by atoms with Crippen LogP contribution in [0.25, 0.3) is 0 Å². The third-order valence-electron chi connectivity index (χ3n) is 4.05. The van der Waals surface area contributed by atoms with Gasteiger partial charge in [-0.2, -0.15) is 0 Å². The van der Waals surface area contributed by atoms with E-state index < -0.39 is 0 Å². The molecule has 1 heterocycles. The zero-order valence-corrected chi connectivity index (χ0v) is 14.9. The van der Waals surface area contributed by atoms with Crippen LogP contribution in [0.15, 0.2) is 18.2 Å². The number of methoxy groups -OCH3 is 2. The maximum Gasteiger partial charge on any atom is 0.222 e. The standard InChI is InChI=1S/C17H26N2O3.ClH/c1-13-12-19(10-9-18-13)17(20)6-4-5-14-7-8-15(21-2)11-16(14)22-3;/h7-8,11,13,18H,4-6,9-10,12H2,1-3H3;1H/t13-;/m1./s1. The van der Waals surface area contributed by atoms with Crippen LogP contribution in [0.1, 0.15) is 25.3 Å². The van der Waals surface area contributed by atoms with Crippen molar-refractivity contribution in [2.75, 3.05) is 33.9 Å². The summed E-state index contributed by atoms with van der Waals surface area (Å²) in [5.74, 6) is 1.86. The lowest BCUT2D eigenvalue weighted by molar-refractivity contribution is -0.132. The maximum absolute atomic E-state index is 12.2. The third-order valence-corrected chi connectivity index (χ3v) is 4.05. The fraction of sp³-hybridized carbons (Fsp3) is 0.588. The Morgan fingerprint density at radius 1 is 1.35 bits per heavy atom. The molecule has 0 aromatic heterocycles. The molecule has 5 nitrogen and oxygen atoms in total. The minimum absolute atomic E-state index is 0. The zero-order valence-electron chi connectivity index (χ0n) is 14.1. The molecule has 1 fully saturated rings. The fourth-order valence-electron chi connectivity index (χ4n) is 2.81. The predicted octanol–water partition coefficient (Wildman–Crippen LogP) is 2.27. The highest BCUT2D eigenvalue weighted by molar-refractivity contribution is 5.85. The van der Waals surface area contributed by atoms with Crippen molar-refractivity contribution in [1.82, 2.24) is 10.2 Å². The number of benzene rings is 1. The summed E-state index contributed by atoms with van der Waals surface area (Å²) >= 11 is 0. The number of aryl methyl sites for hydroxylation is 1. The molecule has 0 aliphatic carbocycles. The lowest BCUT2D eigenvalue weighted by Crippen LogP contribution is -2.51. The molecule has 0 bridgehead atoms. The molecular weight excluding hydrogens is 316 g/mol. The third kappa shape index (κ3) is 5.59. The van der Waals surface area contributed by atoms with Crippen molar-refractivity contribution in [1.29, 1.82) is 0 Å². The van der Waals surface area contributed by atoms with Gasteiger partial charge in [-0.05, 0) is 31.4 Å². The number of piperazine rings is 1. The second-order valence-corrected chi connectivity index (χ2v) is 5.73. The average Bonchev–Trinajstić information content (AvgIpc) is 2.54. The Bertz CT molecular complexity index is 511. The molecule has 1 amide bonds. The van der Waals surface area contributed by atoms with E-state index in [-0.39, 0.29) is 18.3 Å². The van der Waals surface area contributed by atoms with E-state index in [2.05, 4.69) is 12.2 Å². The van der Waals surface area contributed by atoms with Crippen LogP contribution in [-0.4, -0.2) is 50.7 Å². The first-order valence-electron chi connectivity index (χ1n) is 7.86. The molecule has 1 saturated heterocycles. The van der Waals surface area contributed by atoms with E-state index in [1.165, 1.54) is 0 Å². The van der Waals surface area contributed by atoms with Gasteiger partial charge in [0.05, 0.1) is 14.2 Å². The smallest absolute Gasteiger partial charge is 0.222 e. The molecule has 6 heteroatoms. The molecule has 0 saturated carbocycles. The number of ether oxygens (including phenoxy) is 2. The summed E-state index contributed by atoms with van der Waals surface area (Å²) in [5, 5.41) is 3.35. The second kappa shape index (κ2) is 9.63. The maximum atomic E-state index is 12.2. The molecule has 1 aliphatic rings. The van der Waals surface area contributed by atoms with Gasteiger partial charge in [0.2, 0.25) is 5.91 Å². The number of nitrogens with one attached hydrogen (secondary N) is 1. The first-order chi connectivity index (χ1) is 10.6. The van der Waals surface area contributed by atoms with Gasteiger partial charge in [0.15, 0.2) is 0 Å². The van der Waals surface area contributed by atoms with Crippen LogP contribution in [0.5, 0.6) is 11.5 Å². The summed E-state index contributed by atoms with van der Waals surface area (Å²) in [7, 11) is 3.30. The Labute approximate surface area is 144 Å². The van der Waals surface area contributed by atoms with Crippen molar-refractivity contribution in [3.05, 3.63) is 23.8 Å². The van der Waals surface area contributed by atoms with Gasteiger partial charge in [0, 0.05) is 38.2 Å². The summed E-state index contributed by atoms with van der Waals surface area (Å²) in [6, 6.07) is 6.21. The number of carbonyl (C=O) groups excluding carboxylic acids is 1. The number of nitrogens with zero attached hydrogens (tertiary/aromatic N) is 1. The van der Waals surface area contributed by atoms with Gasteiger partial charge in [-0.3, -0.25) is 4.79 Å². The molecular formula is C17H27ClN2O3. The van der Waals surface area contributed by atoms with E-state index in [9.17, 15) is 4.79 Å². The zero-order chi connectivity index (χ0) is 15.9. The van der Waals surface area contributed by atoms with Crippen molar-refractivity contribution in [2.45, 2.75) is 32.2 Å². The van der Waals surface area contributed by atoms with Gasteiger partial charge in [0.1, 0.15) is 11.5 Å². The Kier molecular flexibility index (Phi) is 8.20. The first-order valence-corrected chi connectivity index (χ1v) is 7.86. The van der Waals surface area contributed by atoms with Crippen molar-refractivity contribution in [2.24, 2.45) is 0 Å². The summed E-state index contributed by atoms with van der Waals surface area (Å²) in [5.41, 5.74) is 1.12. The molecule has 1 atom stereocenters. The Hall–Kier alpha value is -1.46. The second-order valence-electron chi connectivity index (χ2n) is 5.73. The lowest BCUT2D eigenvalue weighted by Gasteiger charge is -2.32. The van der Waals surface area contributed by atoms with Gasteiger partial charge in [-0.15, -0.1) is 12.4 Å². The van der Waals surface area contributed by atoms with Crippen molar-refractivity contribution < 1.29 is 14.3 Å². The van der Waals surface area contributed by atoms with E-state index in [1.54, 1.807) is 14.2 Å². The van der Waals surface area contributed by atoms with Crippen LogP contribution in [0, 0.1) is 0 Å². The Morgan fingerprint density at radius 3 is 2.78 bits per heavy atom. The number of amides is 1. The van der Waals surface area contributed by atoms with Gasteiger partial charge < -0.3 is 19.7 Å². The van der Waals surface area contributed by atoms with Gasteiger partial charge in [-0.1, -0.05) is 6.07 Å². The number of hydrogen-bond donors (Lipinski definition) is 1. The Balaban J connectivity index is 0.00000264. The largest absolute Gasteiger partial charge is 0.497 e. The highest BCUT2D eigenvalue weighted by atomic mass is 35.5. The minimum Gasteiger partial charge on any atom is -0.497 e. The topological polar surface area (TPSA) is 50.8 Å². The minimum atomic E-state index is 0. The fourth-order valence-corrected chi connectivity index (χ4v) is 2.81.